The molecule has 0 aliphatic heterocycles. The van der Waals surface area contributed by atoms with Gasteiger partial charge in [-0.3, -0.25) is 4.79 Å². The van der Waals surface area contributed by atoms with E-state index in [0.29, 0.717) is 30.0 Å². The number of Topliss-reactive ketones (excluding diaryl/α,β-unsaturated/α-hetero) is 1. The zero-order valence-electron chi connectivity index (χ0n) is 14.3. The van der Waals surface area contributed by atoms with Crippen molar-refractivity contribution in [3.63, 3.8) is 0 Å². The van der Waals surface area contributed by atoms with Crippen molar-refractivity contribution in [1.82, 2.24) is 0 Å². The lowest BCUT2D eigenvalue weighted by atomic mass is 9.40. The van der Waals surface area contributed by atoms with Crippen molar-refractivity contribution < 1.29 is 9.90 Å². The molecular formula is C20H30O2. The smallest absolute Gasteiger partial charge is 0.165 e. The molecule has 6 atom stereocenters. The largest absolute Gasteiger partial charge is 0.393 e. The molecule has 4 rings (SSSR count). The molecule has 4 saturated carbocycles. The van der Waals surface area contributed by atoms with Gasteiger partial charge in [0.25, 0.3) is 0 Å². The van der Waals surface area contributed by atoms with Crippen molar-refractivity contribution in [2.75, 3.05) is 0 Å². The molecule has 2 heteroatoms. The Morgan fingerprint density at radius 3 is 2.59 bits per heavy atom. The molecule has 1 spiro atoms. The maximum atomic E-state index is 13.1. The second-order valence-corrected chi connectivity index (χ2v) is 9.64. The summed E-state index contributed by atoms with van der Waals surface area (Å²) in [4.78, 5) is 13.1. The van der Waals surface area contributed by atoms with Crippen LogP contribution in [0.25, 0.3) is 0 Å². The van der Waals surface area contributed by atoms with Crippen molar-refractivity contribution >= 4 is 5.78 Å². The van der Waals surface area contributed by atoms with Crippen LogP contribution in [-0.4, -0.2) is 17.0 Å². The summed E-state index contributed by atoms with van der Waals surface area (Å²) in [6.45, 7) is 11.2. The fourth-order valence-electron chi connectivity index (χ4n) is 7.63. The Morgan fingerprint density at radius 1 is 1.14 bits per heavy atom. The van der Waals surface area contributed by atoms with E-state index in [4.69, 9.17) is 0 Å². The van der Waals surface area contributed by atoms with E-state index in [1.54, 1.807) is 0 Å². The summed E-state index contributed by atoms with van der Waals surface area (Å²) >= 11 is 0. The number of aliphatic hydroxyl groups is 1. The third-order valence-corrected chi connectivity index (χ3v) is 8.16. The molecule has 4 fully saturated rings. The highest BCUT2D eigenvalue weighted by molar-refractivity contribution is 6.03. The predicted octanol–water partition coefficient (Wildman–Crippen LogP) is 4.13. The molecule has 2 bridgehead atoms. The first-order valence-electron chi connectivity index (χ1n) is 9.14. The number of carbonyl (C=O) groups excluding carboxylic acids is 1. The monoisotopic (exact) mass is 302 g/mol. The van der Waals surface area contributed by atoms with Crippen LogP contribution in [0.15, 0.2) is 12.2 Å². The van der Waals surface area contributed by atoms with Gasteiger partial charge < -0.3 is 5.11 Å². The zero-order valence-corrected chi connectivity index (χ0v) is 14.3. The molecule has 22 heavy (non-hydrogen) atoms. The zero-order chi connectivity index (χ0) is 15.9. The number of aliphatic hydroxyl groups excluding tert-OH is 1. The molecule has 4 aliphatic carbocycles. The van der Waals surface area contributed by atoms with E-state index in [1.807, 2.05) is 0 Å². The number of hydrogen-bond acceptors (Lipinski definition) is 2. The lowest BCUT2D eigenvalue weighted by Crippen LogP contribution is -2.62. The number of fused-ring (bicyclic) bond motifs is 3. The molecule has 0 aromatic rings. The van der Waals surface area contributed by atoms with Crippen molar-refractivity contribution in [2.24, 2.45) is 34.0 Å². The standard InChI is InChI=1S/C20H30O2/c1-12-13-6-7-15-19(4)9-5-8-18(2,3)16(19)14(21)11-20(15,10-13)17(12)22/h13-16,21H,1,5-11H2,2-4H3/t13?,14-,15?,16?,19-,20?/m0/s1. The molecule has 0 aromatic heterocycles. The van der Waals surface area contributed by atoms with Gasteiger partial charge in [-0.2, -0.15) is 0 Å². The summed E-state index contributed by atoms with van der Waals surface area (Å²) in [6, 6.07) is 0. The normalized spacial score (nSPS) is 53.1. The van der Waals surface area contributed by atoms with E-state index in [2.05, 4.69) is 27.4 Å². The van der Waals surface area contributed by atoms with Crippen molar-refractivity contribution in [3.05, 3.63) is 12.2 Å². The summed E-state index contributed by atoms with van der Waals surface area (Å²) in [5, 5.41) is 11.1. The van der Waals surface area contributed by atoms with Crippen molar-refractivity contribution in [3.8, 4) is 0 Å². The van der Waals surface area contributed by atoms with Crippen LogP contribution >= 0.6 is 0 Å². The molecule has 0 saturated heterocycles. The average Bonchev–Trinajstić information content (AvgIpc) is 2.58. The van der Waals surface area contributed by atoms with E-state index < -0.39 is 0 Å². The van der Waals surface area contributed by atoms with Gasteiger partial charge in [0.05, 0.1) is 6.10 Å². The quantitative estimate of drug-likeness (QED) is 0.683. The summed E-state index contributed by atoms with van der Waals surface area (Å²) in [5.41, 5.74) is 0.888. The molecule has 1 N–H and O–H groups in total. The number of ketones is 1. The van der Waals surface area contributed by atoms with Gasteiger partial charge in [0, 0.05) is 5.41 Å². The van der Waals surface area contributed by atoms with E-state index in [0.717, 1.165) is 24.8 Å². The van der Waals surface area contributed by atoms with Gasteiger partial charge in [-0.25, -0.2) is 0 Å². The van der Waals surface area contributed by atoms with E-state index in [1.165, 1.54) is 19.3 Å². The Kier molecular flexibility index (Phi) is 2.89. The van der Waals surface area contributed by atoms with Crippen LogP contribution in [0.4, 0.5) is 0 Å². The molecular weight excluding hydrogens is 272 g/mol. The van der Waals surface area contributed by atoms with Crippen LogP contribution in [0.3, 0.4) is 0 Å². The lowest BCUT2D eigenvalue weighted by Gasteiger charge is -2.64. The third kappa shape index (κ3) is 1.58. The van der Waals surface area contributed by atoms with Crippen LogP contribution in [-0.2, 0) is 4.79 Å². The van der Waals surface area contributed by atoms with E-state index >= 15 is 0 Å². The first-order valence-corrected chi connectivity index (χ1v) is 9.14. The van der Waals surface area contributed by atoms with Gasteiger partial charge in [0.15, 0.2) is 5.78 Å². The maximum Gasteiger partial charge on any atom is 0.165 e. The number of carbonyl (C=O) groups is 1. The minimum absolute atomic E-state index is 0.116. The third-order valence-electron chi connectivity index (χ3n) is 8.16. The van der Waals surface area contributed by atoms with Crippen LogP contribution in [0.2, 0.25) is 0 Å². The molecule has 4 aliphatic rings. The Balaban J connectivity index is 1.84. The average molecular weight is 302 g/mol. The van der Waals surface area contributed by atoms with Gasteiger partial charge in [0.1, 0.15) is 0 Å². The summed E-state index contributed by atoms with van der Waals surface area (Å²) in [7, 11) is 0. The highest BCUT2D eigenvalue weighted by Gasteiger charge is 2.68. The maximum absolute atomic E-state index is 13.1. The Bertz CT molecular complexity index is 548. The van der Waals surface area contributed by atoms with Crippen LogP contribution in [0.5, 0.6) is 0 Å². The lowest BCUT2D eigenvalue weighted by molar-refractivity contribution is -0.198. The topological polar surface area (TPSA) is 37.3 Å². The Labute approximate surface area is 134 Å². The highest BCUT2D eigenvalue weighted by Crippen LogP contribution is 2.70. The molecule has 0 amide bonds. The molecule has 0 heterocycles. The second kappa shape index (κ2) is 4.26. The predicted molar refractivity (Wildman–Crippen MR) is 87.3 cm³/mol. The molecule has 122 valence electrons. The number of rotatable bonds is 0. The Hall–Kier alpha value is -0.630. The minimum atomic E-state index is -0.329. The van der Waals surface area contributed by atoms with Crippen molar-refractivity contribution in [2.45, 2.75) is 71.8 Å². The van der Waals surface area contributed by atoms with E-state index in [9.17, 15) is 9.90 Å². The summed E-state index contributed by atoms with van der Waals surface area (Å²) in [6.07, 6.45) is 7.23. The van der Waals surface area contributed by atoms with Gasteiger partial charge in [0.2, 0.25) is 0 Å². The fraction of sp³-hybridized carbons (Fsp3) is 0.850. The first kappa shape index (κ1) is 14.9. The van der Waals surface area contributed by atoms with Gasteiger partial charge >= 0.3 is 0 Å². The molecule has 2 nitrogen and oxygen atoms in total. The Morgan fingerprint density at radius 2 is 1.86 bits per heavy atom. The van der Waals surface area contributed by atoms with Crippen molar-refractivity contribution in [1.29, 1.82) is 0 Å². The highest BCUT2D eigenvalue weighted by atomic mass is 16.3. The minimum Gasteiger partial charge on any atom is -0.393 e. The number of allylic oxidation sites excluding steroid dienone is 1. The van der Waals surface area contributed by atoms with Crippen LogP contribution in [0, 0.1) is 34.0 Å². The van der Waals surface area contributed by atoms with Gasteiger partial charge in [-0.05, 0) is 72.7 Å². The van der Waals surface area contributed by atoms with Gasteiger partial charge in [-0.15, -0.1) is 0 Å². The fourth-order valence-corrected chi connectivity index (χ4v) is 7.63. The SMILES string of the molecule is C=C1C(=O)C23CC1CCC2[C@]1(C)CCCC(C)(C)C1[C@@H](O)C3. The second-order valence-electron chi connectivity index (χ2n) is 9.64. The van der Waals surface area contributed by atoms with Crippen LogP contribution in [0.1, 0.15) is 65.7 Å². The first-order chi connectivity index (χ1) is 10.2. The number of hydrogen-bond donors (Lipinski definition) is 1. The molecule has 0 aromatic carbocycles. The molecule has 0 radical (unpaired) electrons. The van der Waals surface area contributed by atoms with Gasteiger partial charge in [-0.1, -0.05) is 33.8 Å². The van der Waals surface area contributed by atoms with E-state index in [-0.39, 0.29) is 22.3 Å². The summed E-state index contributed by atoms with van der Waals surface area (Å²) < 4.78 is 0. The summed E-state index contributed by atoms with van der Waals surface area (Å²) in [5.74, 6) is 1.49. The molecule has 4 unspecified atom stereocenters. The van der Waals surface area contributed by atoms with Crippen LogP contribution < -0.4 is 0 Å².